The minimum atomic E-state index is -0.651. The molecule has 0 saturated carbocycles. The second-order valence-corrected chi connectivity index (χ2v) is 12.9. The number of carboxylic acids is 1. The van der Waals surface area contributed by atoms with E-state index in [2.05, 4.69) is 24.7 Å². The summed E-state index contributed by atoms with van der Waals surface area (Å²) in [5.41, 5.74) is 0.404. The number of aliphatic carboxylic acids is 1. The number of hydrogen-bond donors (Lipinski definition) is 1. The molecule has 3 saturated heterocycles. The molecule has 0 bridgehead atoms. The highest BCUT2D eigenvalue weighted by Crippen LogP contribution is 2.24. The maximum atomic E-state index is 12.7. The molecule has 0 radical (unpaired) electrons. The van der Waals surface area contributed by atoms with Gasteiger partial charge >= 0.3 is 11.9 Å². The van der Waals surface area contributed by atoms with Crippen molar-refractivity contribution in [1.29, 1.82) is 0 Å². The molecular formula is C31H50N6O6. The molecule has 3 aliphatic heterocycles. The van der Waals surface area contributed by atoms with E-state index in [1.54, 1.807) is 12.4 Å². The third-order valence-electron chi connectivity index (χ3n) is 8.61. The number of anilines is 1. The third kappa shape index (κ3) is 10.7. The second kappa shape index (κ2) is 15.8. The van der Waals surface area contributed by atoms with Crippen LogP contribution in [0.15, 0.2) is 12.4 Å². The van der Waals surface area contributed by atoms with Crippen molar-refractivity contribution in [3.8, 4) is 0 Å². The van der Waals surface area contributed by atoms with Gasteiger partial charge in [0.15, 0.2) is 0 Å². The number of esters is 1. The zero-order chi connectivity index (χ0) is 30.8. The van der Waals surface area contributed by atoms with E-state index in [1.165, 1.54) is 0 Å². The van der Waals surface area contributed by atoms with Crippen molar-refractivity contribution in [2.75, 3.05) is 77.0 Å². The van der Waals surface area contributed by atoms with Crippen LogP contribution < -0.4 is 4.90 Å². The number of aryl methyl sites for hydroxylation is 1. The lowest BCUT2D eigenvalue weighted by Gasteiger charge is -2.41. The summed E-state index contributed by atoms with van der Waals surface area (Å²) in [6.07, 6.45) is 8.50. The first-order valence-corrected chi connectivity index (χ1v) is 15.9. The van der Waals surface area contributed by atoms with Crippen LogP contribution in [-0.4, -0.2) is 131 Å². The van der Waals surface area contributed by atoms with Gasteiger partial charge in [-0.1, -0.05) is 0 Å². The van der Waals surface area contributed by atoms with E-state index in [9.17, 15) is 19.5 Å². The van der Waals surface area contributed by atoms with E-state index in [0.717, 1.165) is 64.0 Å². The highest BCUT2D eigenvalue weighted by atomic mass is 16.6. The van der Waals surface area contributed by atoms with Crippen LogP contribution in [0, 0.1) is 5.92 Å². The Labute approximate surface area is 255 Å². The number of aromatic nitrogens is 2. The zero-order valence-electron chi connectivity index (χ0n) is 26.2. The Kier molecular flexibility index (Phi) is 12.1. The van der Waals surface area contributed by atoms with Crippen molar-refractivity contribution in [3.05, 3.63) is 18.0 Å². The molecule has 1 aromatic heterocycles. The molecule has 0 aromatic carbocycles. The lowest BCUT2D eigenvalue weighted by Crippen LogP contribution is -2.49. The van der Waals surface area contributed by atoms with Crippen LogP contribution in [0.3, 0.4) is 0 Å². The summed E-state index contributed by atoms with van der Waals surface area (Å²) in [5.74, 6) is -0.295. The zero-order valence-corrected chi connectivity index (χ0v) is 26.2. The first kappa shape index (κ1) is 33.1. The highest BCUT2D eigenvalue weighted by molar-refractivity contribution is 5.76. The summed E-state index contributed by atoms with van der Waals surface area (Å²) in [5, 5.41) is 9.21. The molecule has 12 heteroatoms. The summed E-state index contributed by atoms with van der Waals surface area (Å²) in [6, 6.07) is 0.562. The molecule has 0 unspecified atom stereocenters. The molecule has 1 amide bonds. The Morgan fingerprint density at radius 1 is 0.884 bits per heavy atom. The van der Waals surface area contributed by atoms with Gasteiger partial charge < -0.3 is 34.2 Å². The van der Waals surface area contributed by atoms with Gasteiger partial charge in [-0.2, -0.15) is 0 Å². The van der Waals surface area contributed by atoms with E-state index < -0.39 is 11.6 Å². The van der Waals surface area contributed by atoms with E-state index in [0.29, 0.717) is 70.6 Å². The number of nitrogens with zero attached hydrogens (tertiary/aromatic N) is 6. The van der Waals surface area contributed by atoms with Crippen LogP contribution >= 0.6 is 0 Å². The lowest BCUT2D eigenvalue weighted by atomic mass is 9.93. The van der Waals surface area contributed by atoms with Gasteiger partial charge in [-0.05, 0) is 84.6 Å². The number of piperidine rings is 2. The van der Waals surface area contributed by atoms with Crippen molar-refractivity contribution in [3.63, 3.8) is 0 Å². The average molecular weight is 603 g/mol. The summed E-state index contributed by atoms with van der Waals surface area (Å²) >= 11 is 0. The number of carbonyl (C=O) groups is 3. The Bertz CT molecular complexity index is 1040. The number of likely N-dealkylation sites (tertiary alicyclic amines) is 2. The average Bonchev–Trinajstić information content (AvgIpc) is 2.99. The molecule has 0 aliphatic carbocycles. The second-order valence-electron chi connectivity index (χ2n) is 12.9. The van der Waals surface area contributed by atoms with Crippen molar-refractivity contribution >= 4 is 23.8 Å². The molecule has 3 fully saturated rings. The van der Waals surface area contributed by atoms with Crippen LogP contribution in [0.25, 0.3) is 0 Å². The van der Waals surface area contributed by atoms with Gasteiger partial charge in [-0.25, -0.2) is 9.97 Å². The van der Waals surface area contributed by atoms with E-state index in [1.807, 2.05) is 25.7 Å². The smallest absolute Gasteiger partial charge is 0.306 e. The number of ether oxygens (including phenoxy) is 2. The number of piperazine rings is 1. The maximum absolute atomic E-state index is 12.7. The Morgan fingerprint density at radius 2 is 1.53 bits per heavy atom. The fraction of sp³-hybridized carbons (Fsp3) is 0.774. The molecule has 4 rings (SSSR count). The number of amides is 1. The largest absolute Gasteiger partial charge is 0.481 e. The SMILES string of the molecule is CC(C)(C)OC(=O)CCc1cnc(N2CCN(C(=O)CCOCCN3CCC(N4CCC(C(=O)O)CC4)CC3)CC2)nc1. The summed E-state index contributed by atoms with van der Waals surface area (Å²) in [6.45, 7) is 14.0. The molecule has 0 spiro atoms. The monoisotopic (exact) mass is 602 g/mol. The van der Waals surface area contributed by atoms with Gasteiger partial charge in [0.05, 0.1) is 25.6 Å². The third-order valence-corrected chi connectivity index (χ3v) is 8.61. The Balaban J connectivity index is 1.04. The molecule has 240 valence electrons. The standard InChI is InChI=1S/C31H50N6O6/c1-31(2,3)43-28(39)5-4-24-22-32-30(33-23-24)37-17-15-36(16-18-37)27(38)10-20-42-21-19-34-11-8-26(9-12-34)35-13-6-25(7-14-35)29(40)41/h22-23,25-26H,4-21H2,1-3H3,(H,40,41). The Morgan fingerprint density at radius 3 is 2.14 bits per heavy atom. The molecule has 1 aromatic rings. The van der Waals surface area contributed by atoms with Gasteiger partial charge in [0.25, 0.3) is 0 Å². The summed E-state index contributed by atoms with van der Waals surface area (Å²) in [4.78, 5) is 53.7. The highest BCUT2D eigenvalue weighted by Gasteiger charge is 2.30. The predicted molar refractivity (Wildman–Crippen MR) is 162 cm³/mol. The molecule has 12 nitrogen and oxygen atoms in total. The van der Waals surface area contributed by atoms with Crippen LogP contribution in [0.2, 0.25) is 0 Å². The molecule has 0 atom stereocenters. The molecular weight excluding hydrogens is 552 g/mol. The summed E-state index contributed by atoms with van der Waals surface area (Å²) in [7, 11) is 0. The van der Waals surface area contributed by atoms with Crippen LogP contribution in [0.4, 0.5) is 5.95 Å². The van der Waals surface area contributed by atoms with Gasteiger partial charge in [0.2, 0.25) is 11.9 Å². The van der Waals surface area contributed by atoms with Crippen molar-refractivity contribution < 1.29 is 29.0 Å². The van der Waals surface area contributed by atoms with Crippen molar-refractivity contribution in [2.24, 2.45) is 5.92 Å². The predicted octanol–water partition coefficient (Wildman–Crippen LogP) is 2.07. The molecule has 3 aliphatic rings. The fourth-order valence-electron chi connectivity index (χ4n) is 6.07. The first-order chi connectivity index (χ1) is 20.6. The maximum Gasteiger partial charge on any atom is 0.306 e. The number of carboxylic acid groups (broad SMARTS) is 1. The van der Waals surface area contributed by atoms with E-state index >= 15 is 0 Å². The molecule has 43 heavy (non-hydrogen) atoms. The number of hydrogen-bond acceptors (Lipinski definition) is 10. The van der Waals surface area contributed by atoms with Gasteiger partial charge in [-0.3, -0.25) is 14.4 Å². The number of carbonyl (C=O) groups excluding carboxylic acids is 2. The van der Waals surface area contributed by atoms with Crippen molar-refractivity contribution in [1.82, 2.24) is 24.7 Å². The molecule has 1 N–H and O–H groups in total. The van der Waals surface area contributed by atoms with Crippen LogP contribution in [0.1, 0.15) is 64.9 Å². The minimum Gasteiger partial charge on any atom is -0.481 e. The van der Waals surface area contributed by atoms with E-state index in [4.69, 9.17) is 9.47 Å². The van der Waals surface area contributed by atoms with Gasteiger partial charge in [0, 0.05) is 57.6 Å². The van der Waals surface area contributed by atoms with Gasteiger partial charge in [-0.15, -0.1) is 0 Å². The number of rotatable bonds is 12. The van der Waals surface area contributed by atoms with Crippen molar-refractivity contribution in [2.45, 2.75) is 77.4 Å². The normalized spacial score (nSPS) is 19.9. The lowest BCUT2D eigenvalue weighted by molar-refractivity contribution is -0.154. The van der Waals surface area contributed by atoms with Crippen LogP contribution in [0.5, 0.6) is 0 Å². The topological polar surface area (TPSA) is 129 Å². The van der Waals surface area contributed by atoms with Crippen LogP contribution in [-0.2, 0) is 30.3 Å². The fourth-order valence-corrected chi connectivity index (χ4v) is 6.07. The quantitative estimate of drug-likeness (QED) is 0.279. The minimum absolute atomic E-state index is 0.116. The molecule has 4 heterocycles. The van der Waals surface area contributed by atoms with Gasteiger partial charge in [0.1, 0.15) is 5.60 Å². The van der Waals surface area contributed by atoms with E-state index in [-0.39, 0.29) is 17.8 Å². The summed E-state index contributed by atoms with van der Waals surface area (Å²) < 4.78 is 11.2. The first-order valence-electron chi connectivity index (χ1n) is 15.9. The Hall–Kier alpha value is -2.83.